The monoisotopic (exact) mass is 285 g/mol. The summed E-state index contributed by atoms with van der Waals surface area (Å²) in [7, 11) is 3.35. The fraction of sp³-hybridized carbons (Fsp3) is 0.235. The van der Waals surface area contributed by atoms with Gasteiger partial charge in [0.15, 0.2) is 0 Å². The average Bonchev–Trinajstić information content (AvgIpc) is 2.46. The maximum Gasteiger partial charge on any atom is 0.337 e. The second kappa shape index (κ2) is 6.31. The number of methoxy groups -OCH3 is 1. The van der Waals surface area contributed by atoms with Crippen LogP contribution in [-0.2, 0) is 11.3 Å². The molecule has 0 radical (unpaired) electrons. The van der Waals surface area contributed by atoms with Gasteiger partial charge in [0, 0.05) is 19.3 Å². The normalized spacial score (nSPS) is 10.2. The zero-order valence-corrected chi connectivity index (χ0v) is 12.5. The lowest BCUT2D eigenvalue weighted by molar-refractivity contribution is 0.0600. The number of rotatable bonds is 4. The number of phenolic OH excluding ortho intramolecular Hbond substituents is 1. The van der Waals surface area contributed by atoms with Gasteiger partial charge in [-0.2, -0.15) is 0 Å². The minimum atomic E-state index is -0.333. The summed E-state index contributed by atoms with van der Waals surface area (Å²) in [6.07, 6.45) is 0. The number of benzene rings is 2. The van der Waals surface area contributed by atoms with Crippen molar-refractivity contribution in [3.63, 3.8) is 0 Å². The van der Waals surface area contributed by atoms with Crippen molar-refractivity contribution in [3.05, 3.63) is 59.2 Å². The number of carbonyl (C=O) groups is 1. The molecule has 0 aliphatic heterocycles. The minimum Gasteiger partial charge on any atom is -0.508 e. The van der Waals surface area contributed by atoms with Gasteiger partial charge in [0.05, 0.1) is 12.7 Å². The average molecular weight is 285 g/mol. The highest BCUT2D eigenvalue weighted by molar-refractivity contribution is 5.89. The Hall–Kier alpha value is -2.49. The largest absolute Gasteiger partial charge is 0.508 e. The van der Waals surface area contributed by atoms with E-state index in [1.807, 2.05) is 38.2 Å². The van der Waals surface area contributed by atoms with Crippen LogP contribution in [0.5, 0.6) is 5.75 Å². The van der Waals surface area contributed by atoms with Crippen LogP contribution in [0.1, 0.15) is 21.5 Å². The molecule has 2 aromatic carbocycles. The van der Waals surface area contributed by atoms with Crippen LogP contribution in [0.3, 0.4) is 0 Å². The number of esters is 1. The van der Waals surface area contributed by atoms with Crippen LogP contribution >= 0.6 is 0 Å². The van der Waals surface area contributed by atoms with E-state index in [0.29, 0.717) is 12.1 Å². The van der Waals surface area contributed by atoms with E-state index in [0.717, 1.165) is 16.8 Å². The van der Waals surface area contributed by atoms with Crippen molar-refractivity contribution in [3.8, 4) is 5.75 Å². The SMILES string of the molecule is COC(=O)c1cccc(CN(C)c2ccc(O)cc2C)c1. The first kappa shape index (κ1) is 14.9. The molecule has 110 valence electrons. The molecular weight excluding hydrogens is 266 g/mol. The van der Waals surface area contributed by atoms with E-state index in [4.69, 9.17) is 4.74 Å². The Morgan fingerprint density at radius 2 is 2.00 bits per heavy atom. The van der Waals surface area contributed by atoms with E-state index in [2.05, 4.69) is 4.90 Å². The van der Waals surface area contributed by atoms with Gasteiger partial charge in [0.25, 0.3) is 0 Å². The summed E-state index contributed by atoms with van der Waals surface area (Å²) >= 11 is 0. The van der Waals surface area contributed by atoms with Gasteiger partial charge in [0.1, 0.15) is 5.75 Å². The molecule has 0 fully saturated rings. The highest BCUT2D eigenvalue weighted by Crippen LogP contribution is 2.24. The minimum absolute atomic E-state index is 0.261. The van der Waals surface area contributed by atoms with Crippen molar-refractivity contribution >= 4 is 11.7 Å². The standard InChI is InChI=1S/C17H19NO3/c1-12-9-15(19)7-8-16(12)18(2)11-13-5-4-6-14(10-13)17(20)21-3/h4-10,19H,11H2,1-3H3. The maximum atomic E-state index is 11.5. The number of hydrogen-bond donors (Lipinski definition) is 1. The fourth-order valence-corrected chi connectivity index (χ4v) is 2.34. The van der Waals surface area contributed by atoms with Gasteiger partial charge in [-0.1, -0.05) is 12.1 Å². The van der Waals surface area contributed by atoms with Crippen molar-refractivity contribution in [1.29, 1.82) is 0 Å². The van der Waals surface area contributed by atoms with Crippen LogP contribution in [0, 0.1) is 6.92 Å². The van der Waals surface area contributed by atoms with Gasteiger partial charge in [0.2, 0.25) is 0 Å². The summed E-state index contributed by atoms with van der Waals surface area (Å²) in [5, 5.41) is 9.46. The predicted molar refractivity (Wildman–Crippen MR) is 82.7 cm³/mol. The smallest absolute Gasteiger partial charge is 0.337 e. The van der Waals surface area contributed by atoms with Gasteiger partial charge < -0.3 is 14.7 Å². The summed E-state index contributed by atoms with van der Waals surface area (Å²) < 4.78 is 4.73. The number of phenols is 1. The summed E-state index contributed by atoms with van der Waals surface area (Å²) in [6.45, 7) is 2.62. The van der Waals surface area contributed by atoms with Crippen molar-refractivity contribution in [2.75, 3.05) is 19.1 Å². The first-order chi connectivity index (χ1) is 10.0. The first-order valence-electron chi connectivity index (χ1n) is 6.69. The van der Waals surface area contributed by atoms with Crippen LogP contribution in [0.25, 0.3) is 0 Å². The molecule has 0 atom stereocenters. The number of anilines is 1. The molecule has 0 unspecified atom stereocenters. The molecule has 0 saturated heterocycles. The number of carbonyl (C=O) groups excluding carboxylic acids is 1. The van der Waals surface area contributed by atoms with E-state index < -0.39 is 0 Å². The van der Waals surface area contributed by atoms with Gasteiger partial charge in [-0.15, -0.1) is 0 Å². The van der Waals surface area contributed by atoms with E-state index in [-0.39, 0.29) is 11.7 Å². The van der Waals surface area contributed by atoms with Crippen LogP contribution in [-0.4, -0.2) is 25.2 Å². The molecule has 0 aliphatic carbocycles. The molecule has 1 N–H and O–H groups in total. The molecule has 2 rings (SSSR count). The third kappa shape index (κ3) is 3.54. The lowest BCUT2D eigenvalue weighted by Crippen LogP contribution is -2.17. The number of nitrogens with zero attached hydrogens (tertiary/aromatic N) is 1. The van der Waals surface area contributed by atoms with Crippen molar-refractivity contribution in [2.24, 2.45) is 0 Å². The van der Waals surface area contributed by atoms with Crippen molar-refractivity contribution in [2.45, 2.75) is 13.5 Å². The first-order valence-corrected chi connectivity index (χ1v) is 6.69. The number of ether oxygens (including phenoxy) is 1. The van der Waals surface area contributed by atoms with Gasteiger partial charge in [-0.25, -0.2) is 4.79 Å². The quantitative estimate of drug-likeness (QED) is 0.877. The Bertz CT molecular complexity index is 652. The highest BCUT2D eigenvalue weighted by Gasteiger charge is 2.09. The third-order valence-corrected chi connectivity index (χ3v) is 3.36. The van der Waals surface area contributed by atoms with Crippen molar-refractivity contribution < 1.29 is 14.6 Å². The van der Waals surface area contributed by atoms with E-state index in [1.165, 1.54) is 7.11 Å². The number of hydrogen-bond acceptors (Lipinski definition) is 4. The summed E-state index contributed by atoms with van der Waals surface area (Å²) in [6, 6.07) is 12.7. The Morgan fingerprint density at radius 1 is 1.24 bits per heavy atom. The maximum absolute atomic E-state index is 11.5. The predicted octanol–water partition coefficient (Wildman–Crippen LogP) is 3.12. The third-order valence-electron chi connectivity index (χ3n) is 3.36. The molecule has 0 aliphatic rings. The van der Waals surface area contributed by atoms with Crippen molar-refractivity contribution in [1.82, 2.24) is 0 Å². The summed E-state index contributed by atoms with van der Waals surface area (Å²) in [5.74, 6) is -0.0716. The molecule has 2 aromatic rings. The van der Waals surface area contributed by atoms with Crippen LogP contribution in [0.2, 0.25) is 0 Å². The molecule has 4 heteroatoms. The summed E-state index contributed by atoms with van der Waals surface area (Å²) in [4.78, 5) is 13.6. The zero-order chi connectivity index (χ0) is 15.4. The van der Waals surface area contributed by atoms with E-state index >= 15 is 0 Å². The van der Waals surface area contributed by atoms with Crippen LogP contribution in [0.15, 0.2) is 42.5 Å². The van der Waals surface area contributed by atoms with Crippen LogP contribution < -0.4 is 4.90 Å². The topological polar surface area (TPSA) is 49.8 Å². The number of aromatic hydroxyl groups is 1. The second-order valence-corrected chi connectivity index (χ2v) is 5.02. The van der Waals surface area contributed by atoms with Gasteiger partial charge in [-0.05, 0) is 48.4 Å². The fourth-order valence-electron chi connectivity index (χ4n) is 2.34. The molecule has 0 saturated carbocycles. The second-order valence-electron chi connectivity index (χ2n) is 5.02. The van der Waals surface area contributed by atoms with Gasteiger partial charge in [-0.3, -0.25) is 0 Å². The highest BCUT2D eigenvalue weighted by atomic mass is 16.5. The Kier molecular flexibility index (Phi) is 4.48. The molecule has 0 spiro atoms. The Morgan fingerprint density at radius 3 is 2.67 bits per heavy atom. The molecule has 0 bridgehead atoms. The number of aryl methyl sites for hydroxylation is 1. The van der Waals surface area contributed by atoms with Crippen LogP contribution in [0.4, 0.5) is 5.69 Å². The van der Waals surface area contributed by atoms with E-state index in [9.17, 15) is 9.90 Å². The molecule has 4 nitrogen and oxygen atoms in total. The lowest BCUT2D eigenvalue weighted by atomic mass is 10.1. The molecule has 0 amide bonds. The summed E-state index contributed by atoms with van der Waals surface area (Å²) in [5.41, 5.74) is 3.61. The lowest BCUT2D eigenvalue weighted by Gasteiger charge is -2.22. The molecule has 0 aromatic heterocycles. The zero-order valence-electron chi connectivity index (χ0n) is 12.5. The molecule has 21 heavy (non-hydrogen) atoms. The molecule has 0 heterocycles. The van der Waals surface area contributed by atoms with E-state index in [1.54, 1.807) is 18.2 Å². The molecular formula is C17H19NO3. The van der Waals surface area contributed by atoms with Gasteiger partial charge >= 0.3 is 5.97 Å². The Balaban J connectivity index is 2.19. The Labute approximate surface area is 124 Å².